The molecule has 1 atom stereocenters. The molecule has 0 aromatic rings. The van der Waals surface area contributed by atoms with Gasteiger partial charge in [-0.2, -0.15) is 0 Å². The van der Waals surface area contributed by atoms with Gasteiger partial charge in [-0.05, 0) is 19.8 Å². The fourth-order valence-electron chi connectivity index (χ4n) is 2.46. The number of hydrogen-bond donors (Lipinski definition) is 0. The van der Waals surface area contributed by atoms with Gasteiger partial charge in [0.25, 0.3) is 0 Å². The van der Waals surface area contributed by atoms with Crippen LogP contribution < -0.4 is 0 Å². The second-order valence-electron chi connectivity index (χ2n) is 5.24. The minimum absolute atomic E-state index is 0.102. The zero-order valence-corrected chi connectivity index (χ0v) is 12.9. The molecule has 112 valence electrons. The summed E-state index contributed by atoms with van der Waals surface area (Å²) in [5, 5.41) is -0.977. The topological polar surface area (TPSA) is 63.7 Å². The van der Waals surface area contributed by atoms with E-state index in [0.717, 1.165) is 25.7 Å². The fourth-order valence-corrected chi connectivity index (χ4v) is 3.69. The number of nitrogens with zero attached hydrogens (tertiary/aromatic N) is 1. The first-order valence-electron chi connectivity index (χ1n) is 6.87. The Kier molecular flexibility index (Phi) is 6.26. The molecular formula is C13H25NO4S. The van der Waals surface area contributed by atoms with Crippen LogP contribution in [0, 0.1) is 0 Å². The standard InChI is InChI=1S/C13H25NO4S/c1-11(19(16,17)10-9-18-3)13(15)14(2)12-7-5-4-6-8-12/h11-12H,4-10H2,1-3H3. The number of rotatable bonds is 6. The maximum absolute atomic E-state index is 12.3. The van der Waals surface area contributed by atoms with Gasteiger partial charge in [0, 0.05) is 20.2 Å². The van der Waals surface area contributed by atoms with Crippen LogP contribution in [0.1, 0.15) is 39.0 Å². The van der Waals surface area contributed by atoms with E-state index in [9.17, 15) is 13.2 Å². The van der Waals surface area contributed by atoms with Crippen molar-refractivity contribution in [2.45, 2.75) is 50.3 Å². The quantitative estimate of drug-likeness (QED) is 0.738. The Hall–Kier alpha value is -0.620. The first-order valence-corrected chi connectivity index (χ1v) is 8.59. The summed E-state index contributed by atoms with van der Waals surface area (Å²) in [7, 11) is -0.244. The molecule has 5 nitrogen and oxygen atoms in total. The Balaban J connectivity index is 2.64. The summed E-state index contributed by atoms with van der Waals surface area (Å²) in [6, 6.07) is 0.196. The summed E-state index contributed by atoms with van der Waals surface area (Å²) < 4.78 is 28.8. The van der Waals surface area contributed by atoms with Crippen LogP contribution in [-0.2, 0) is 19.4 Å². The molecule has 1 rings (SSSR count). The Morgan fingerprint density at radius 2 is 1.89 bits per heavy atom. The van der Waals surface area contributed by atoms with Gasteiger partial charge in [-0.3, -0.25) is 4.79 Å². The zero-order valence-electron chi connectivity index (χ0n) is 12.1. The molecule has 1 aliphatic carbocycles. The second kappa shape index (κ2) is 7.24. The summed E-state index contributed by atoms with van der Waals surface area (Å²) >= 11 is 0. The maximum atomic E-state index is 12.3. The Morgan fingerprint density at radius 1 is 1.32 bits per heavy atom. The lowest BCUT2D eigenvalue weighted by molar-refractivity contribution is -0.131. The average Bonchev–Trinajstić information content (AvgIpc) is 2.43. The third kappa shape index (κ3) is 4.45. The minimum Gasteiger partial charge on any atom is -0.384 e. The molecule has 0 heterocycles. The van der Waals surface area contributed by atoms with Crippen molar-refractivity contribution in [2.75, 3.05) is 26.5 Å². The van der Waals surface area contributed by atoms with Crippen LogP contribution in [0.2, 0.25) is 0 Å². The third-order valence-electron chi connectivity index (χ3n) is 3.93. The molecule has 0 aromatic carbocycles. The Bertz CT molecular complexity index is 387. The van der Waals surface area contributed by atoms with E-state index in [1.54, 1.807) is 11.9 Å². The van der Waals surface area contributed by atoms with Crippen molar-refractivity contribution in [1.29, 1.82) is 0 Å². The Labute approximate surface area is 116 Å². The van der Waals surface area contributed by atoms with Crippen LogP contribution in [-0.4, -0.2) is 57.0 Å². The van der Waals surface area contributed by atoms with Gasteiger partial charge in [-0.25, -0.2) is 8.42 Å². The van der Waals surface area contributed by atoms with Gasteiger partial charge >= 0.3 is 0 Å². The molecule has 6 heteroatoms. The van der Waals surface area contributed by atoms with Gasteiger partial charge in [0.15, 0.2) is 9.84 Å². The molecule has 1 unspecified atom stereocenters. The molecule has 1 amide bonds. The lowest BCUT2D eigenvalue weighted by Gasteiger charge is -2.32. The Morgan fingerprint density at radius 3 is 2.42 bits per heavy atom. The number of hydrogen-bond acceptors (Lipinski definition) is 4. The molecule has 0 N–H and O–H groups in total. The minimum atomic E-state index is -3.42. The number of amides is 1. The number of carbonyl (C=O) groups excluding carboxylic acids is 1. The summed E-state index contributed by atoms with van der Waals surface area (Å²) in [6.45, 7) is 1.61. The van der Waals surface area contributed by atoms with Crippen molar-refractivity contribution in [3.63, 3.8) is 0 Å². The molecule has 0 bridgehead atoms. The van der Waals surface area contributed by atoms with E-state index in [1.807, 2.05) is 0 Å². The van der Waals surface area contributed by atoms with E-state index >= 15 is 0 Å². The largest absolute Gasteiger partial charge is 0.384 e. The smallest absolute Gasteiger partial charge is 0.240 e. The fraction of sp³-hybridized carbons (Fsp3) is 0.923. The van der Waals surface area contributed by atoms with E-state index in [4.69, 9.17) is 4.74 Å². The van der Waals surface area contributed by atoms with E-state index < -0.39 is 15.1 Å². The van der Waals surface area contributed by atoms with Crippen LogP contribution in [0.25, 0.3) is 0 Å². The summed E-state index contributed by atoms with van der Waals surface area (Å²) in [6.07, 6.45) is 5.40. The maximum Gasteiger partial charge on any atom is 0.240 e. The van der Waals surface area contributed by atoms with Crippen LogP contribution in [0.5, 0.6) is 0 Å². The van der Waals surface area contributed by atoms with Gasteiger partial charge in [-0.1, -0.05) is 19.3 Å². The molecule has 0 saturated heterocycles. The lowest BCUT2D eigenvalue weighted by Crippen LogP contribution is -2.46. The second-order valence-corrected chi connectivity index (χ2v) is 7.68. The van der Waals surface area contributed by atoms with Crippen LogP contribution in [0.4, 0.5) is 0 Å². The molecule has 0 spiro atoms. The van der Waals surface area contributed by atoms with Crippen molar-refractivity contribution in [3.05, 3.63) is 0 Å². The summed E-state index contributed by atoms with van der Waals surface area (Å²) in [5.41, 5.74) is 0. The molecule has 1 aliphatic rings. The van der Waals surface area contributed by atoms with Gasteiger partial charge in [-0.15, -0.1) is 0 Å². The highest BCUT2D eigenvalue weighted by Crippen LogP contribution is 2.22. The van der Waals surface area contributed by atoms with E-state index in [0.29, 0.717) is 0 Å². The molecule has 0 aromatic heterocycles. The van der Waals surface area contributed by atoms with Gasteiger partial charge in [0.1, 0.15) is 5.25 Å². The van der Waals surface area contributed by atoms with Gasteiger partial charge in [0.05, 0.1) is 12.4 Å². The van der Waals surface area contributed by atoms with Crippen molar-refractivity contribution >= 4 is 15.7 Å². The predicted octanol–water partition coefficient (Wildman–Crippen LogP) is 1.23. The molecular weight excluding hydrogens is 266 g/mol. The number of carbonyl (C=O) groups is 1. The van der Waals surface area contributed by atoms with E-state index in [2.05, 4.69) is 0 Å². The van der Waals surface area contributed by atoms with Crippen LogP contribution in [0.15, 0.2) is 0 Å². The first kappa shape index (κ1) is 16.4. The SMILES string of the molecule is COCCS(=O)(=O)C(C)C(=O)N(C)C1CCCCC1. The van der Waals surface area contributed by atoms with Crippen molar-refractivity contribution in [3.8, 4) is 0 Å². The van der Waals surface area contributed by atoms with Crippen molar-refractivity contribution < 1.29 is 17.9 Å². The van der Waals surface area contributed by atoms with Crippen molar-refractivity contribution in [2.24, 2.45) is 0 Å². The van der Waals surface area contributed by atoms with E-state index in [-0.39, 0.29) is 24.3 Å². The van der Waals surface area contributed by atoms with Crippen LogP contribution >= 0.6 is 0 Å². The highest BCUT2D eigenvalue weighted by Gasteiger charge is 2.32. The lowest BCUT2D eigenvalue weighted by atomic mass is 9.94. The molecule has 19 heavy (non-hydrogen) atoms. The highest BCUT2D eigenvalue weighted by molar-refractivity contribution is 7.92. The molecule has 1 fully saturated rings. The molecule has 1 saturated carbocycles. The summed E-state index contributed by atoms with van der Waals surface area (Å²) in [5.74, 6) is -0.391. The molecule has 0 radical (unpaired) electrons. The number of ether oxygens (including phenoxy) is 1. The summed E-state index contributed by atoms with van der Waals surface area (Å²) in [4.78, 5) is 13.9. The average molecular weight is 291 g/mol. The normalized spacial score (nSPS) is 19.1. The van der Waals surface area contributed by atoms with Crippen LogP contribution in [0.3, 0.4) is 0 Å². The van der Waals surface area contributed by atoms with E-state index in [1.165, 1.54) is 20.5 Å². The van der Waals surface area contributed by atoms with Crippen molar-refractivity contribution in [1.82, 2.24) is 4.90 Å². The van der Waals surface area contributed by atoms with Gasteiger partial charge < -0.3 is 9.64 Å². The predicted molar refractivity (Wildman–Crippen MR) is 74.8 cm³/mol. The molecule has 0 aliphatic heterocycles. The first-order chi connectivity index (χ1) is 8.90. The third-order valence-corrected chi connectivity index (χ3v) is 5.94. The highest BCUT2D eigenvalue weighted by atomic mass is 32.2. The number of sulfone groups is 1. The van der Waals surface area contributed by atoms with Gasteiger partial charge in [0.2, 0.25) is 5.91 Å². The zero-order chi connectivity index (χ0) is 14.5. The monoisotopic (exact) mass is 291 g/mol. The number of methoxy groups -OCH3 is 1.